The molecular formula is C23H28N2O5S. The van der Waals surface area contributed by atoms with Crippen molar-refractivity contribution >= 4 is 21.6 Å². The normalized spacial score (nSPS) is 21.9. The van der Waals surface area contributed by atoms with Gasteiger partial charge in [-0.15, -0.1) is 0 Å². The van der Waals surface area contributed by atoms with Crippen molar-refractivity contribution in [3.8, 4) is 11.5 Å². The first-order valence-electron chi connectivity index (χ1n) is 10.5. The summed E-state index contributed by atoms with van der Waals surface area (Å²) in [4.78, 5) is 13.2. The molecule has 0 aromatic heterocycles. The molecular weight excluding hydrogens is 416 g/mol. The summed E-state index contributed by atoms with van der Waals surface area (Å²) in [6, 6.07) is 12.6. The Hall–Kier alpha value is -2.74. The van der Waals surface area contributed by atoms with Crippen LogP contribution in [0.5, 0.6) is 11.5 Å². The largest absolute Gasteiger partial charge is 0.487 e. The predicted molar refractivity (Wildman–Crippen MR) is 119 cm³/mol. The molecule has 2 aromatic rings. The highest BCUT2D eigenvalue weighted by Crippen LogP contribution is 2.40. The number of para-hydroxylation sites is 2. The number of nitrogens with one attached hydrogen (secondary N) is 1. The molecule has 0 aliphatic carbocycles. The number of anilines is 1. The van der Waals surface area contributed by atoms with E-state index in [1.165, 1.54) is 4.31 Å². The quantitative estimate of drug-likeness (QED) is 0.782. The number of sulfonamides is 1. The Bertz CT molecular complexity index is 1110. The average Bonchev–Trinajstić information content (AvgIpc) is 2.71. The number of amides is 1. The fourth-order valence-electron chi connectivity index (χ4n) is 4.11. The van der Waals surface area contributed by atoms with E-state index in [1.54, 1.807) is 31.2 Å². The van der Waals surface area contributed by atoms with E-state index >= 15 is 0 Å². The summed E-state index contributed by atoms with van der Waals surface area (Å²) in [6.45, 7) is 7.49. The number of carbonyl (C=O) groups excluding carboxylic acids is 1. The summed E-state index contributed by atoms with van der Waals surface area (Å²) >= 11 is 0. The Morgan fingerprint density at radius 2 is 1.94 bits per heavy atom. The van der Waals surface area contributed by atoms with Gasteiger partial charge >= 0.3 is 0 Å². The third-order valence-electron chi connectivity index (χ3n) is 5.67. The first-order valence-corrected chi connectivity index (χ1v) is 12.1. The van der Waals surface area contributed by atoms with Crippen LogP contribution in [0.4, 0.5) is 5.69 Å². The Kier molecular flexibility index (Phi) is 5.37. The smallest absolute Gasteiger partial charge is 0.263 e. The van der Waals surface area contributed by atoms with Crippen molar-refractivity contribution in [2.24, 2.45) is 0 Å². The third kappa shape index (κ3) is 4.21. The molecule has 1 N–H and O–H groups in total. The van der Waals surface area contributed by atoms with Gasteiger partial charge in [0.1, 0.15) is 17.1 Å². The van der Waals surface area contributed by atoms with Crippen LogP contribution >= 0.6 is 0 Å². The maximum absolute atomic E-state index is 13.2. The van der Waals surface area contributed by atoms with Gasteiger partial charge in [-0.3, -0.25) is 9.10 Å². The van der Waals surface area contributed by atoms with Gasteiger partial charge in [-0.2, -0.15) is 0 Å². The van der Waals surface area contributed by atoms with E-state index in [0.29, 0.717) is 17.9 Å². The summed E-state index contributed by atoms with van der Waals surface area (Å²) in [7, 11) is -3.55. The highest BCUT2D eigenvalue weighted by molar-refractivity contribution is 7.92. The molecule has 0 bridgehead atoms. The zero-order valence-electron chi connectivity index (χ0n) is 18.2. The molecule has 2 aromatic carbocycles. The van der Waals surface area contributed by atoms with E-state index in [1.807, 2.05) is 39.0 Å². The summed E-state index contributed by atoms with van der Waals surface area (Å²) in [5.74, 6) is 0.734. The van der Waals surface area contributed by atoms with E-state index in [0.717, 1.165) is 16.9 Å². The Balaban J connectivity index is 1.61. The van der Waals surface area contributed by atoms with E-state index in [4.69, 9.17) is 9.47 Å². The molecule has 0 radical (unpaired) electrons. The fourth-order valence-corrected chi connectivity index (χ4v) is 5.23. The van der Waals surface area contributed by atoms with Crippen LogP contribution in [0.2, 0.25) is 0 Å². The van der Waals surface area contributed by atoms with Crippen LogP contribution in [-0.2, 0) is 14.8 Å². The molecule has 2 unspecified atom stereocenters. The van der Waals surface area contributed by atoms with Crippen molar-refractivity contribution in [3.05, 3.63) is 53.6 Å². The van der Waals surface area contributed by atoms with Gasteiger partial charge in [0.15, 0.2) is 6.10 Å². The van der Waals surface area contributed by atoms with E-state index < -0.39 is 21.7 Å². The Labute approximate surface area is 183 Å². The molecule has 2 atom stereocenters. The van der Waals surface area contributed by atoms with Crippen molar-refractivity contribution in [2.45, 2.75) is 51.9 Å². The molecule has 7 nitrogen and oxygen atoms in total. The highest BCUT2D eigenvalue weighted by Gasteiger charge is 2.39. The van der Waals surface area contributed by atoms with Gasteiger partial charge < -0.3 is 14.8 Å². The Morgan fingerprint density at radius 1 is 1.19 bits per heavy atom. The molecule has 166 valence electrons. The lowest BCUT2D eigenvalue weighted by Gasteiger charge is -2.39. The third-order valence-corrected chi connectivity index (χ3v) is 7.42. The molecule has 31 heavy (non-hydrogen) atoms. The van der Waals surface area contributed by atoms with Crippen LogP contribution in [0.15, 0.2) is 42.5 Å². The minimum atomic E-state index is -3.55. The van der Waals surface area contributed by atoms with Crippen molar-refractivity contribution in [2.75, 3.05) is 16.6 Å². The van der Waals surface area contributed by atoms with Gasteiger partial charge in [-0.05, 0) is 51.5 Å². The molecule has 2 aliphatic heterocycles. The molecule has 8 heteroatoms. The number of rotatable bonds is 4. The van der Waals surface area contributed by atoms with Crippen LogP contribution in [0.3, 0.4) is 0 Å². The van der Waals surface area contributed by atoms with Crippen LogP contribution in [0.1, 0.15) is 44.4 Å². The lowest BCUT2D eigenvalue weighted by Crippen LogP contribution is -2.52. The van der Waals surface area contributed by atoms with Crippen LogP contribution in [0.25, 0.3) is 0 Å². The standard InChI is InChI=1S/C23H28N2O5S/c1-5-31(27,28)25-14-21(29-19-9-7-6-8-18(19)25)22(26)24-17-13-23(3,4)30-20-12-15(2)10-11-16(17)20/h6-12,17,21H,5,13-14H2,1-4H3,(H,24,26). The number of benzene rings is 2. The minimum absolute atomic E-state index is 0.0590. The van der Waals surface area contributed by atoms with Gasteiger partial charge in [0.25, 0.3) is 5.91 Å². The molecule has 2 heterocycles. The second-order valence-corrected chi connectivity index (χ2v) is 10.9. The van der Waals surface area contributed by atoms with Gasteiger partial charge in [0.05, 0.1) is 24.0 Å². The van der Waals surface area contributed by atoms with E-state index in [9.17, 15) is 13.2 Å². The zero-order chi connectivity index (χ0) is 22.4. The number of fused-ring (bicyclic) bond motifs is 2. The lowest BCUT2D eigenvalue weighted by atomic mass is 9.89. The lowest BCUT2D eigenvalue weighted by molar-refractivity contribution is -0.129. The number of hydrogen-bond acceptors (Lipinski definition) is 5. The first-order chi connectivity index (χ1) is 14.6. The fraction of sp³-hybridized carbons (Fsp3) is 0.435. The van der Waals surface area contributed by atoms with Gasteiger partial charge in [0, 0.05) is 12.0 Å². The SMILES string of the molecule is CCS(=O)(=O)N1CC(C(=O)NC2CC(C)(C)Oc3cc(C)ccc32)Oc2ccccc21. The molecule has 0 fully saturated rings. The molecule has 1 amide bonds. The van der Waals surface area contributed by atoms with Gasteiger partial charge in [0.2, 0.25) is 10.0 Å². The van der Waals surface area contributed by atoms with E-state index in [-0.39, 0.29) is 24.2 Å². The number of ether oxygens (including phenoxy) is 2. The van der Waals surface area contributed by atoms with Crippen molar-refractivity contribution in [1.82, 2.24) is 5.32 Å². The molecule has 0 saturated heterocycles. The monoisotopic (exact) mass is 444 g/mol. The maximum atomic E-state index is 13.2. The molecule has 0 saturated carbocycles. The van der Waals surface area contributed by atoms with Crippen LogP contribution in [0, 0.1) is 6.92 Å². The average molecular weight is 445 g/mol. The zero-order valence-corrected chi connectivity index (χ0v) is 19.0. The summed E-state index contributed by atoms with van der Waals surface area (Å²) in [5.41, 5.74) is 2.00. The number of hydrogen-bond donors (Lipinski definition) is 1. The topological polar surface area (TPSA) is 84.9 Å². The van der Waals surface area contributed by atoms with Crippen molar-refractivity contribution in [3.63, 3.8) is 0 Å². The summed E-state index contributed by atoms with van der Waals surface area (Å²) in [5, 5.41) is 3.08. The van der Waals surface area contributed by atoms with Crippen molar-refractivity contribution < 1.29 is 22.7 Å². The molecule has 0 spiro atoms. The second-order valence-electron chi connectivity index (χ2n) is 8.67. The van der Waals surface area contributed by atoms with Gasteiger partial charge in [-0.1, -0.05) is 24.3 Å². The van der Waals surface area contributed by atoms with Crippen LogP contribution in [-0.4, -0.2) is 38.3 Å². The van der Waals surface area contributed by atoms with E-state index in [2.05, 4.69) is 5.32 Å². The minimum Gasteiger partial charge on any atom is -0.487 e. The number of nitrogens with zero attached hydrogens (tertiary/aromatic N) is 1. The first kappa shape index (κ1) is 21.5. The molecule has 4 rings (SSSR count). The summed E-state index contributed by atoms with van der Waals surface area (Å²) in [6.07, 6.45) is -0.356. The number of aryl methyl sites for hydroxylation is 1. The summed E-state index contributed by atoms with van der Waals surface area (Å²) < 4.78 is 38.7. The Morgan fingerprint density at radius 3 is 2.68 bits per heavy atom. The van der Waals surface area contributed by atoms with Gasteiger partial charge in [-0.25, -0.2) is 8.42 Å². The van der Waals surface area contributed by atoms with Crippen LogP contribution < -0.4 is 19.1 Å². The maximum Gasteiger partial charge on any atom is 0.263 e. The second kappa shape index (κ2) is 7.75. The molecule has 2 aliphatic rings. The highest BCUT2D eigenvalue weighted by atomic mass is 32.2. The predicted octanol–water partition coefficient (Wildman–Crippen LogP) is 3.33. The number of carbonyl (C=O) groups is 1. The van der Waals surface area contributed by atoms with Crippen molar-refractivity contribution in [1.29, 1.82) is 0 Å².